The van der Waals surface area contributed by atoms with Crippen molar-refractivity contribution in [2.24, 2.45) is 0 Å². The third kappa shape index (κ3) is 3.87. The second-order valence-corrected chi connectivity index (χ2v) is 7.97. The molecular formula is C27H17NO7. The molecular weight excluding hydrogens is 450 g/mol. The summed E-state index contributed by atoms with van der Waals surface area (Å²) in [6.07, 6.45) is 0. The maximum atomic E-state index is 13.3. The normalized spacial score (nSPS) is 12.6. The van der Waals surface area contributed by atoms with Crippen LogP contribution in [0.3, 0.4) is 0 Å². The zero-order valence-corrected chi connectivity index (χ0v) is 18.1. The summed E-state index contributed by atoms with van der Waals surface area (Å²) >= 11 is 0. The number of amides is 2. The van der Waals surface area contributed by atoms with E-state index in [1.54, 1.807) is 42.5 Å². The van der Waals surface area contributed by atoms with Gasteiger partial charge >= 0.3 is 11.9 Å². The van der Waals surface area contributed by atoms with Crippen LogP contribution in [0.15, 0.2) is 78.9 Å². The molecule has 1 aliphatic heterocycles. The predicted molar refractivity (Wildman–Crippen MR) is 125 cm³/mol. The summed E-state index contributed by atoms with van der Waals surface area (Å²) in [4.78, 5) is 49.8. The number of carboxylic acids is 2. The molecule has 0 fully saturated rings. The zero-order valence-electron chi connectivity index (χ0n) is 18.1. The first kappa shape index (κ1) is 21.8. The molecule has 4 aromatic rings. The average molecular weight is 467 g/mol. The Labute approximate surface area is 198 Å². The number of rotatable bonds is 6. The van der Waals surface area contributed by atoms with E-state index in [1.165, 1.54) is 36.4 Å². The first-order valence-electron chi connectivity index (χ1n) is 10.6. The van der Waals surface area contributed by atoms with E-state index < -0.39 is 23.8 Å². The Kier molecular flexibility index (Phi) is 5.25. The Morgan fingerprint density at radius 3 is 1.89 bits per heavy atom. The Balaban J connectivity index is 1.49. The number of nitrogens with zero attached hydrogens (tertiary/aromatic N) is 1. The predicted octanol–water partition coefficient (Wildman–Crippen LogP) is 4.82. The average Bonchev–Trinajstić information content (AvgIpc) is 2.86. The van der Waals surface area contributed by atoms with Gasteiger partial charge in [0.15, 0.2) is 0 Å². The van der Waals surface area contributed by atoms with Crippen molar-refractivity contribution < 1.29 is 34.1 Å². The third-order valence-electron chi connectivity index (χ3n) is 5.82. The topological polar surface area (TPSA) is 121 Å². The highest BCUT2D eigenvalue weighted by molar-refractivity contribution is 6.26. The van der Waals surface area contributed by atoms with Crippen LogP contribution >= 0.6 is 0 Å². The molecule has 1 aliphatic rings. The molecule has 0 aliphatic carbocycles. The van der Waals surface area contributed by atoms with Gasteiger partial charge in [-0.05, 0) is 60.2 Å². The van der Waals surface area contributed by atoms with Crippen LogP contribution in [0.1, 0.15) is 47.0 Å². The Hall–Kier alpha value is -4.98. The van der Waals surface area contributed by atoms with E-state index in [0.29, 0.717) is 39.0 Å². The largest absolute Gasteiger partial charge is 0.478 e. The lowest BCUT2D eigenvalue weighted by atomic mass is 9.93. The van der Waals surface area contributed by atoms with Crippen molar-refractivity contribution >= 4 is 34.5 Å². The Morgan fingerprint density at radius 1 is 0.714 bits per heavy atom. The van der Waals surface area contributed by atoms with E-state index >= 15 is 0 Å². The fourth-order valence-electron chi connectivity index (χ4n) is 4.08. The lowest BCUT2D eigenvalue weighted by Gasteiger charge is -2.27. The van der Waals surface area contributed by atoms with E-state index in [0.717, 1.165) is 4.90 Å². The number of aromatic carboxylic acids is 2. The van der Waals surface area contributed by atoms with Crippen LogP contribution in [0.2, 0.25) is 0 Å². The van der Waals surface area contributed by atoms with Crippen LogP contribution in [0.5, 0.6) is 11.5 Å². The molecule has 0 saturated heterocycles. The first-order chi connectivity index (χ1) is 16.8. The monoisotopic (exact) mass is 467 g/mol. The molecule has 0 unspecified atom stereocenters. The van der Waals surface area contributed by atoms with Gasteiger partial charge in [-0.15, -0.1) is 0 Å². The van der Waals surface area contributed by atoms with Gasteiger partial charge < -0.3 is 14.9 Å². The molecule has 0 radical (unpaired) electrons. The molecule has 0 spiro atoms. The van der Waals surface area contributed by atoms with Crippen LogP contribution in [0.4, 0.5) is 0 Å². The maximum Gasteiger partial charge on any atom is 0.335 e. The third-order valence-corrected chi connectivity index (χ3v) is 5.82. The smallest absolute Gasteiger partial charge is 0.335 e. The number of carboxylic acid groups (broad SMARTS) is 2. The van der Waals surface area contributed by atoms with Crippen LogP contribution in [-0.4, -0.2) is 38.9 Å². The Morgan fingerprint density at radius 2 is 1.29 bits per heavy atom. The van der Waals surface area contributed by atoms with Crippen molar-refractivity contribution in [3.63, 3.8) is 0 Å². The first-order valence-corrected chi connectivity index (χ1v) is 10.6. The summed E-state index contributed by atoms with van der Waals surface area (Å²) in [5.41, 5.74) is 1.57. The van der Waals surface area contributed by atoms with E-state index in [1.807, 2.05) is 0 Å². The number of imide groups is 1. The van der Waals surface area contributed by atoms with Crippen LogP contribution in [0, 0.1) is 0 Å². The molecule has 4 aromatic carbocycles. The van der Waals surface area contributed by atoms with E-state index in [4.69, 9.17) is 14.9 Å². The van der Waals surface area contributed by atoms with Crippen LogP contribution in [-0.2, 0) is 6.54 Å². The van der Waals surface area contributed by atoms with Crippen LogP contribution in [0.25, 0.3) is 10.8 Å². The van der Waals surface area contributed by atoms with Gasteiger partial charge in [-0.1, -0.05) is 24.3 Å². The maximum absolute atomic E-state index is 13.3. The van der Waals surface area contributed by atoms with Crippen LogP contribution < -0.4 is 4.74 Å². The van der Waals surface area contributed by atoms with Crippen molar-refractivity contribution in [2.45, 2.75) is 6.54 Å². The molecule has 0 atom stereocenters. The number of hydrogen-bond donors (Lipinski definition) is 2. The standard InChI is InChI=1S/C27H17NO7/c29-24-20-3-1-2-19-22(35-18-10-8-17(9-11-18)27(33)34)13-12-21(23(19)20)25(30)28(24)14-15-4-6-16(7-5-15)26(31)32/h1-13H,14H2,(H,31,32)(H,33,34). The summed E-state index contributed by atoms with van der Waals surface area (Å²) in [6, 6.07) is 20.3. The van der Waals surface area contributed by atoms with Gasteiger partial charge in [0.2, 0.25) is 0 Å². The molecule has 1 heterocycles. The number of carbonyl (C=O) groups is 4. The minimum absolute atomic E-state index is 0.00156. The zero-order chi connectivity index (χ0) is 24.7. The summed E-state index contributed by atoms with van der Waals surface area (Å²) in [6.45, 7) is 0.00156. The molecule has 0 aromatic heterocycles. The fraction of sp³-hybridized carbons (Fsp3) is 0.0370. The Bertz CT molecular complexity index is 1500. The summed E-state index contributed by atoms with van der Waals surface area (Å²) in [5, 5.41) is 19.2. The number of ether oxygens (including phenoxy) is 1. The molecule has 0 saturated carbocycles. The summed E-state index contributed by atoms with van der Waals surface area (Å²) in [5.74, 6) is -2.19. The highest BCUT2D eigenvalue weighted by Crippen LogP contribution is 2.37. The highest BCUT2D eigenvalue weighted by atomic mass is 16.5. The van der Waals surface area contributed by atoms with E-state index in [-0.39, 0.29) is 17.7 Å². The van der Waals surface area contributed by atoms with Gasteiger partial charge in [0.05, 0.1) is 17.7 Å². The minimum atomic E-state index is -1.06. The van der Waals surface area contributed by atoms with Crippen molar-refractivity contribution in [1.29, 1.82) is 0 Å². The minimum Gasteiger partial charge on any atom is -0.478 e. The molecule has 8 heteroatoms. The summed E-state index contributed by atoms with van der Waals surface area (Å²) in [7, 11) is 0. The van der Waals surface area contributed by atoms with E-state index in [2.05, 4.69) is 0 Å². The van der Waals surface area contributed by atoms with Crippen molar-refractivity contribution in [3.05, 3.63) is 107 Å². The van der Waals surface area contributed by atoms with Gasteiger partial charge in [-0.2, -0.15) is 0 Å². The highest BCUT2D eigenvalue weighted by Gasteiger charge is 2.33. The number of carbonyl (C=O) groups excluding carboxylic acids is 2. The second-order valence-electron chi connectivity index (χ2n) is 7.97. The number of hydrogen-bond acceptors (Lipinski definition) is 5. The molecule has 2 amide bonds. The SMILES string of the molecule is O=C(O)c1ccc(CN2C(=O)c3cccc4c(Oc5ccc(C(=O)O)cc5)ccc(c34)C2=O)cc1. The molecule has 8 nitrogen and oxygen atoms in total. The van der Waals surface area contributed by atoms with Gasteiger partial charge in [0.25, 0.3) is 11.8 Å². The number of benzene rings is 4. The molecule has 0 bridgehead atoms. The molecule has 2 N–H and O–H groups in total. The second kappa shape index (κ2) is 8.42. The van der Waals surface area contributed by atoms with Crippen molar-refractivity contribution in [3.8, 4) is 11.5 Å². The lowest BCUT2D eigenvalue weighted by molar-refractivity contribution is 0.0594. The van der Waals surface area contributed by atoms with Crippen molar-refractivity contribution in [1.82, 2.24) is 4.90 Å². The molecule has 5 rings (SSSR count). The van der Waals surface area contributed by atoms with Gasteiger partial charge in [-0.25, -0.2) is 9.59 Å². The van der Waals surface area contributed by atoms with Gasteiger partial charge in [0.1, 0.15) is 11.5 Å². The van der Waals surface area contributed by atoms with Crippen molar-refractivity contribution in [2.75, 3.05) is 0 Å². The fourth-order valence-corrected chi connectivity index (χ4v) is 4.08. The lowest BCUT2D eigenvalue weighted by Crippen LogP contribution is -2.39. The molecule has 172 valence electrons. The quantitative estimate of drug-likeness (QED) is 0.390. The van der Waals surface area contributed by atoms with Gasteiger partial charge in [0, 0.05) is 21.9 Å². The van der Waals surface area contributed by atoms with Gasteiger partial charge in [-0.3, -0.25) is 14.5 Å². The van der Waals surface area contributed by atoms with E-state index in [9.17, 15) is 19.2 Å². The summed E-state index contributed by atoms with van der Waals surface area (Å²) < 4.78 is 5.95. The molecule has 35 heavy (non-hydrogen) atoms.